The zero-order chi connectivity index (χ0) is 18.0. The van der Waals surface area contributed by atoms with Crippen molar-refractivity contribution in [1.29, 1.82) is 0 Å². The summed E-state index contributed by atoms with van der Waals surface area (Å²) < 4.78 is 30.2. The number of allylic oxidation sites excluding steroid dienone is 2. The average Bonchev–Trinajstić information content (AvgIpc) is 2.89. The Morgan fingerprint density at radius 1 is 1.32 bits per heavy atom. The number of carbonyl (C=O) groups excluding carboxylic acids is 2. The molecule has 1 saturated heterocycles. The van der Waals surface area contributed by atoms with Gasteiger partial charge in [0.05, 0.1) is 10.7 Å². The largest absolute Gasteiger partial charge is 0.345 e. The molecule has 0 aromatic rings. The number of hydrogen-bond donors (Lipinski definition) is 1. The summed E-state index contributed by atoms with van der Waals surface area (Å²) in [5, 5.41) is 2.42. The Hall–Kier alpha value is -1.54. The summed E-state index contributed by atoms with van der Waals surface area (Å²) in [5.41, 5.74) is -0.203. The first-order valence-corrected chi connectivity index (χ1v) is 8.96. The molecular weight excluding hydrogens is 398 g/mol. The van der Waals surface area contributed by atoms with Gasteiger partial charge in [0.25, 0.3) is 5.91 Å². The van der Waals surface area contributed by atoms with Crippen molar-refractivity contribution < 1.29 is 23.1 Å². The van der Waals surface area contributed by atoms with Crippen molar-refractivity contribution >= 4 is 27.9 Å². The molecule has 2 spiro atoms. The highest BCUT2D eigenvalue weighted by molar-refractivity contribution is 9.11. The van der Waals surface area contributed by atoms with Crippen LogP contribution in [0.3, 0.4) is 0 Å². The van der Waals surface area contributed by atoms with Crippen LogP contribution in [0.4, 0.5) is 13.6 Å². The van der Waals surface area contributed by atoms with Crippen LogP contribution in [0.25, 0.3) is 0 Å². The fraction of sp³-hybridized carbons (Fsp3) is 0.529. The van der Waals surface area contributed by atoms with E-state index in [2.05, 4.69) is 32.6 Å². The molecule has 8 heteroatoms. The Bertz CT molecular complexity index is 740. The van der Waals surface area contributed by atoms with Crippen molar-refractivity contribution in [2.24, 2.45) is 5.41 Å². The minimum absolute atomic E-state index is 0.383. The summed E-state index contributed by atoms with van der Waals surface area (Å²) in [4.78, 5) is 26.9. The number of nitrogens with one attached hydrogen (secondary N) is 1. The third-order valence-corrected chi connectivity index (χ3v) is 6.65. The molecule has 2 aliphatic carbocycles. The molecule has 1 N–H and O–H groups in total. The molecule has 3 fully saturated rings. The van der Waals surface area contributed by atoms with Crippen LogP contribution >= 0.6 is 15.9 Å². The maximum atomic E-state index is 13.0. The van der Waals surface area contributed by atoms with Gasteiger partial charge < -0.3 is 4.74 Å². The van der Waals surface area contributed by atoms with Gasteiger partial charge in [-0.1, -0.05) is 12.7 Å². The topological polar surface area (TPSA) is 58.6 Å². The lowest BCUT2D eigenvalue weighted by Crippen LogP contribution is -2.59. The Labute approximate surface area is 151 Å². The number of amides is 3. The van der Waals surface area contributed by atoms with E-state index in [1.807, 2.05) is 6.08 Å². The van der Waals surface area contributed by atoms with Crippen LogP contribution in [0.15, 0.2) is 34.5 Å². The zero-order valence-corrected chi connectivity index (χ0v) is 14.9. The lowest BCUT2D eigenvalue weighted by molar-refractivity contribution is -0.178. The minimum Gasteiger partial charge on any atom is -0.320 e. The Kier molecular flexibility index (Phi) is 3.70. The standard InChI is InChI=1S/C17H17BrF2N2O3/c1-9-10-2-3-12(18)22-15(24)21-13(23)17(9,22)16(8-10)6-4-11(5-7-16)25-14(19)20/h2-3,11,14H,1,4-8H2,(H,21,23,24). The summed E-state index contributed by atoms with van der Waals surface area (Å²) in [5.74, 6) is -0.383. The first-order valence-electron chi connectivity index (χ1n) is 8.17. The molecule has 2 aliphatic heterocycles. The van der Waals surface area contributed by atoms with Crippen LogP contribution in [0, 0.1) is 5.41 Å². The number of ether oxygens (including phenoxy) is 1. The normalized spacial score (nSPS) is 37.2. The summed E-state index contributed by atoms with van der Waals surface area (Å²) >= 11 is 3.40. The van der Waals surface area contributed by atoms with Gasteiger partial charge >= 0.3 is 12.6 Å². The molecule has 0 radical (unpaired) electrons. The van der Waals surface area contributed by atoms with Crippen LogP contribution < -0.4 is 5.32 Å². The van der Waals surface area contributed by atoms with Gasteiger partial charge in [-0.2, -0.15) is 8.78 Å². The van der Waals surface area contributed by atoms with Gasteiger partial charge in [0.2, 0.25) is 0 Å². The molecule has 25 heavy (non-hydrogen) atoms. The van der Waals surface area contributed by atoms with Crippen LogP contribution in [-0.4, -0.2) is 35.1 Å². The number of hydrogen-bond acceptors (Lipinski definition) is 3. The van der Waals surface area contributed by atoms with Crippen molar-refractivity contribution in [2.75, 3.05) is 0 Å². The number of alkyl halides is 2. The van der Waals surface area contributed by atoms with E-state index < -0.39 is 29.7 Å². The number of carbonyl (C=O) groups is 2. The fourth-order valence-electron chi connectivity index (χ4n) is 5.02. The van der Waals surface area contributed by atoms with E-state index in [-0.39, 0.29) is 5.91 Å². The quantitative estimate of drug-likeness (QED) is 0.554. The molecule has 1 unspecified atom stereocenters. The van der Waals surface area contributed by atoms with Gasteiger partial charge in [0.1, 0.15) is 0 Å². The highest BCUT2D eigenvalue weighted by Gasteiger charge is 2.71. The third-order valence-electron chi connectivity index (χ3n) is 6.03. The maximum absolute atomic E-state index is 13.0. The molecule has 2 heterocycles. The number of halogens is 3. The molecule has 0 aromatic carbocycles. The molecule has 2 bridgehead atoms. The second-order valence-electron chi connectivity index (χ2n) is 7.02. The SMILES string of the molecule is C=C1C2=CC=C(Br)N3C(=O)NC(=O)C13C1(CCC(OC(F)F)CC1)C2. The van der Waals surface area contributed by atoms with E-state index >= 15 is 0 Å². The molecule has 2 saturated carbocycles. The molecule has 5 nitrogen and oxygen atoms in total. The van der Waals surface area contributed by atoms with Gasteiger partial charge in [0.15, 0.2) is 5.54 Å². The van der Waals surface area contributed by atoms with Gasteiger partial charge in [-0.25, -0.2) is 4.79 Å². The lowest BCUT2D eigenvalue weighted by atomic mass is 9.61. The molecule has 0 aromatic heterocycles. The smallest absolute Gasteiger partial charge is 0.320 e. The second kappa shape index (κ2) is 5.48. The average molecular weight is 415 g/mol. The Morgan fingerprint density at radius 3 is 2.64 bits per heavy atom. The Balaban J connectivity index is 1.77. The number of rotatable bonds is 2. The predicted octanol–water partition coefficient (Wildman–Crippen LogP) is 3.58. The highest BCUT2D eigenvalue weighted by atomic mass is 79.9. The summed E-state index contributed by atoms with van der Waals surface area (Å²) in [7, 11) is 0. The van der Waals surface area contributed by atoms with Gasteiger partial charge in [0, 0.05) is 5.41 Å². The van der Waals surface area contributed by atoms with Crippen molar-refractivity contribution in [1.82, 2.24) is 10.2 Å². The molecular formula is C17H17BrF2N2O3. The number of urea groups is 1. The molecule has 1 atom stereocenters. The van der Waals surface area contributed by atoms with Gasteiger partial charge in [-0.3, -0.25) is 15.0 Å². The third kappa shape index (κ3) is 2.07. The van der Waals surface area contributed by atoms with Crippen LogP contribution in [-0.2, 0) is 9.53 Å². The number of fused-ring (bicyclic) bond motifs is 1. The van der Waals surface area contributed by atoms with E-state index in [1.165, 1.54) is 4.90 Å². The van der Waals surface area contributed by atoms with Gasteiger partial charge in [-0.15, -0.1) is 0 Å². The van der Waals surface area contributed by atoms with E-state index in [0.29, 0.717) is 42.3 Å². The maximum Gasteiger partial charge on any atom is 0.345 e. The van der Waals surface area contributed by atoms with Crippen LogP contribution in [0.2, 0.25) is 0 Å². The van der Waals surface area contributed by atoms with Gasteiger partial charge in [-0.05, 0) is 65.3 Å². The fourth-order valence-corrected chi connectivity index (χ4v) is 5.58. The minimum atomic E-state index is -2.80. The van der Waals surface area contributed by atoms with Crippen molar-refractivity contribution in [3.05, 3.63) is 34.5 Å². The lowest BCUT2D eigenvalue weighted by Gasteiger charge is -2.49. The van der Waals surface area contributed by atoms with Crippen molar-refractivity contribution in [3.8, 4) is 0 Å². The summed E-state index contributed by atoms with van der Waals surface area (Å²) in [6.07, 6.45) is 5.56. The number of nitrogens with zero attached hydrogens (tertiary/aromatic N) is 1. The predicted molar refractivity (Wildman–Crippen MR) is 88.7 cm³/mol. The zero-order valence-electron chi connectivity index (χ0n) is 13.4. The van der Waals surface area contributed by atoms with Crippen molar-refractivity contribution in [2.45, 2.75) is 50.4 Å². The van der Waals surface area contributed by atoms with E-state index in [4.69, 9.17) is 0 Å². The van der Waals surface area contributed by atoms with Crippen LogP contribution in [0.1, 0.15) is 32.1 Å². The number of imide groups is 1. The first kappa shape index (κ1) is 16.9. The summed E-state index contributed by atoms with van der Waals surface area (Å²) in [6.45, 7) is 1.34. The first-order chi connectivity index (χ1) is 11.8. The Morgan fingerprint density at radius 2 is 2.00 bits per heavy atom. The summed E-state index contributed by atoms with van der Waals surface area (Å²) in [6, 6.07) is -0.490. The van der Waals surface area contributed by atoms with E-state index in [1.54, 1.807) is 6.08 Å². The van der Waals surface area contributed by atoms with E-state index in [9.17, 15) is 18.4 Å². The van der Waals surface area contributed by atoms with Crippen molar-refractivity contribution in [3.63, 3.8) is 0 Å². The molecule has 4 rings (SSSR count). The highest BCUT2D eigenvalue weighted by Crippen LogP contribution is 2.64. The van der Waals surface area contributed by atoms with E-state index in [0.717, 1.165) is 5.57 Å². The second-order valence-corrected chi connectivity index (χ2v) is 7.83. The van der Waals surface area contributed by atoms with Crippen LogP contribution in [0.5, 0.6) is 0 Å². The molecule has 4 aliphatic rings. The molecule has 134 valence electrons. The monoisotopic (exact) mass is 414 g/mol. The molecule has 3 amide bonds.